The summed E-state index contributed by atoms with van der Waals surface area (Å²) in [6.45, 7) is 6.11. The molecule has 0 aliphatic rings. The highest BCUT2D eigenvalue weighted by molar-refractivity contribution is 5.95. The van der Waals surface area contributed by atoms with E-state index in [-0.39, 0.29) is 16.8 Å². The van der Waals surface area contributed by atoms with Crippen LogP contribution in [0.5, 0.6) is 0 Å². The lowest BCUT2D eigenvalue weighted by molar-refractivity contribution is 0.0692. The zero-order valence-electron chi connectivity index (χ0n) is 10.6. The Morgan fingerprint density at radius 2 is 1.94 bits per heavy atom. The number of hydrogen-bond donors (Lipinski definition) is 2. The highest BCUT2D eigenvalue weighted by atomic mass is 16.4. The summed E-state index contributed by atoms with van der Waals surface area (Å²) in [5, 5.41) is 9.73. The van der Waals surface area contributed by atoms with Crippen LogP contribution < -0.4 is 5.73 Å². The van der Waals surface area contributed by atoms with E-state index in [1.807, 2.05) is 32.9 Å². The van der Waals surface area contributed by atoms with Crippen LogP contribution >= 0.6 is 0 Å². The Balaban J connectivity index is 2.69. The molecular weight excluding hydrogens is 230 g/mol. The summed E-state index contributed by atoms with van der Waals surface area (Å²) in [5.74, 6) is -1.14. The number of carboxylic acid groups (broad SMARTS) is 1. The molecule has 0 aromatic carbocycles. The van der Waals surface area contributed by atoms with Crippen molar-refractivity contribution in [3.8, 4) is 0 Å². The molecule has 2 aromatic heterocycles. The fourth-order valence-electron chi connectivity index (χ4n) is 1.66. The van der Waals surface area contributed by atoms with Gasteiger partial charge in [-0.25, -0.2) is 14.8 Å². The number of aromatic nitrogens is 2. The topological polar surface area (TPSA) is 89.1 Å². The quantitative estimate of drug-likeness (QED) is 0.804. The number of carboxylic acids is 1. The molecule has 0 saturated carbocycles. The van der Waals surface area contributed by atoms with E-state index in [0.717, 1.165) is 11.1 Å². The van der Waals surface area contributed by atoms with E-state index in [1.54, 1.807) is 6.07 Å². The molecule has 5 heteroatoms. The van der Waals surface area contributed by atoms with Gasteiger partial charge in [-0.3, -0.25) is 0 Å². The average molecular weight is 245 g/mol. The van der Waals surface area contributed by atoms with E-state index in [4.69, 9.17) is 10.8 Å². The van der Waals surface area contributed by atoms with Gasteiger partial charge in [-0.1, -0.05) is 20.8 Å². The molecule has 0 unspecified atom stereocenters. The van der Waals surface area contributed by atoms with E-state index in [2.05, 4.69) is 9.97 Å². The van der Waals surface area contributed by atoms with Crippen molar-refractivity contribution in [3.63, 3.8) is 0 Å². The second-order valence-electron chi connectivity index (χ2n) is 5.22. The number of hydrogen-bond acceptors (Lipinski definition) is 4. The van der Waals surface area contributed by atoms with Gasteiger partial charge in [0.2, 0.25) is 0 Å². The van der Waals surface area contributed by atoms with Gasteiger partial charge in [0.25, 0.3) is 0 Å². The lowest BCUT2D eigenvalue weighted by atomic mass is 9.91. The highest BCUT2D eigenvalue weighted by Gasteiger charge is 2.17. The second kappa shape index (κ2) is 3.94. The van der Waals surface area contributed by atoms with E-state index < -0.39 is 5.97 Å². The number of carbonyl (C=O) groups is 1. The summed E-state index contributed by atoms with van der Waals surface area (Å²) >= 11 is 0. The number of rotatable bonds is 1. The summed E-state index contributed by atoms with van der Waals surface area (Å²) in [5.41, 5.74) is 6.81. The van der Waals surface area contributed by atoms with Crippen LogP contribution in [0.4, 0.5) is 5.69 Å². The molecule has 0 spiro atoms. The van der Waals surface area contributed by atoms with Gasteiger partial charge in [0, 0.05) is 16.5 Å². The summed E-state index contributed by atoms with van der Waals surface area (Å²) in [6, 6.07) is 5.35. The van der Waals surface area contributed by atoms with Crippen molar-refractivity contribution >= 4 is 22.7 Å². The van der Waals surface area contributed by atoms with Gasteiger partial charge in [-0.05, 0) is 18.2 Å². The van der Waals surface area contributed by atoms with Crippen molar-refractivity contribution in [3.05, 3.63) is 29.6 Å². The number of nitrogens with zero attached hydrogens (tertiary/aromatic N) is 2. The minimum Gasteiger partial charge on any atom is -0.476 e. The van der Waals surface area contributed by atoms with Gasteiger partial charge in [0.05, 0.1) is 5.69 Å². The average Bonchev–Trinajstić information content (AvgIpc) is 2.25. The summed E-state index contributed by atoms with van der Waals surface area (Å²) in [6.07, 6.45) is 0. The number of pyridine rings is 2. The Kier molecular flexibility index (Phi) is 2.69. The maximum absolute atomic E-state index is 11.0. The molecular formula is C13H15N3O2. The third-order valence-electron chi connectivity index (χ3n) is 2.68. The van der Waals surface area contributed by atoms with Crippen molar-refractivity contribution in [2.75, 3.05) is 5.73 Å². The van der Waals surface area contributed by atoms with Crippen molar-refractivity contribution < 1.29 is 9.90 Å². The fourth-order valence-corrected chi connectivity index (χ4v) is 1.66. The first-order chi connectivity index (χ1) is 8.29. The lowest BCUT2D eigenvalue weighted by Crippen LogP contribution is -2.14. The molecule has 0 radical (unpaired) electrons. The summed E-state index contributed by atoms with van der Waals surface area (Å²) in [7, 11) is 0. The summed E-state index contributed by atoms with van der Waals surface area (Å²) < 4.78 is 0. The first-order valence-corrected chi connectivity index (χ1v) is 5.60. The van der Waals surface area contributed by atoms with Crippen LogP contribution in [0.25, 0.3) is 11.0 Å². The molecule has 0 bridgehead atoms. The first-order valence-electron chi connectivity index (χ1n) is 5.60. The molecule has 0 saturated heterocycles. The van der Waals surface area contributed by atoms with Gasteiger partial charge in [-0.2, -0.15) is 0 Å². The maximum atomic E-state index is 11.0. The zero-order chi connectivity index (χ0) is 13.5. The zero-order valence-corrected chi connectivity index (χ0v) is 10.6. The van der Waals surface area contributed by atoms with E-state index in [9.17, 15) is 4.79 Å². The molecule has 3 N–H and O–H groups in total. The molecule has 94 valence electrons. The molecule has 0 aliphatic carbocycles. The van der Waals surface area contributed by atoms with Crippen molar-refractivity contribution in [1.29, 1.82) is 0 Å². The van der Waals surface area contributed by atoms with Gasteiger partial charge in [0.15, 0.2) is 11.3 Å². The van der Waals surface area contributed by atoms with E-state index in [0.29, 0.717) is 5.65 Å². The third kappa shape index (κ3) is 2.11. The van der Waals surface area contributed by atoms with Crippen LogP contribution in [0.1, 0.15) is 37.0 Å². The number of nitrogen functional groups attached to an aromatic ring is 1. The Bertz CT molecular complexity index is 630. The smallest absolute Gasteiger partial charge is 0.356 e. The largest absolute Gasteiger partial charge is 0.476 e. The fraction of sp³-hybridized carbons (Fsp3) is 0.308. The van der Waals surface area contributed by atoms with Crippen LogP contribution in [0.3, 0.4) is 0 Å². The van der Waals surface area contributed by atoms with Crippen LogP contribution in [-0.4, -0.2) is 21.0 Å². The lowest BCUT2D eigenvalue weighted by Gasteiger charge is -2.17. The van der Waals surface area contributed by atoms with E-state index in [1.165, 1.54) is 0 Å². The minimum atomic E-state index is -1.14. The van der Waals surface area contributed by atoms with Crippen molar-refractivity contribution in [2.24, 2.45) is 0 Å². The molecule has 5 nitrogen and oxygen atoms in total. The normalized spacial score (nSPS) is 11.7. The first kappa shape index (κ1) is 12.3. The van der Waals surface area contributed by atoms with Gasteiger partial charge < -0.3 is 10.8 Å². The number of fused-ring (bicyclic) bond motifs is 1. The third-order valence-corrected chi connectivity index (χ3v) is 2.68. The molecule has 0 fully saturated rings. The van der Waals surface area contributed by atoms with Gasteiger partial charge in [-0.15, -0.1) is 0 Å². The van der Waals surface area contributed by atoms with Crippen molar-refractivity contribution in [1.82, 2.24) is 9.97 Å². The predicted molar refractivity (Wildman–Crippen MR) is 69.6 cm³/mol. The van der Waals surface area contributed by atoms with Crippen LogP contribution in [-0.2, 0) is 5.41 Å². The number of anilines is 1. The minimum absolute atomic E-state index is 0.110. The molecule has 0 aliphatic heterocycles. The molecule has 2 aromatic rings. The monoisotopic (exact) mass is 245 g/mol. The molecule has 18 heavy (non-hydrogen) atoms. The SMILES string of the molecule is CC(C)(C)c1ccc2cc(N)c(C(=O)O)nc2n1. The molecule has 2 heterocycles. The van der Waals surface area contributed by atoms with Crippen LogP contribution in [0.15, 0.2) is 18.2 Å². The number of nitrogens with two attached hydrogens (primary N) is 1. The molecule has 0 amide bonds. The van der Waals surface area contributed by atoms with Gasteiger partial charge in [0.1, 0.15) is 0 Å². The Morgan fingerprint density at radius 3 is 2.50 bits per heavy atom. The maximum Gasteiger partial charge on any atom is 0.356 e. The van der Waals surface area contributed by atoms with E-state index >= 15 is 0 Å². The second-order valence-corrected chi connectivity index (χ2v) is 5.22. The Hall–Kier alpha value is -2.17. The Morgan fingerprint density at radius 1 is 1.28 bits per heavy atom. The summed E-state index contributed by atoms with van der Waals surface area (Å²) in [4.78, 5) is 19.4. The molecule has 0 atom stereocenters. The number of aromatic carboxylic acids is 1. The van der Waals surface area contributed by atoms with Crippen LogP contribution in [0.2, 0.25) is 0 Å². The highest BCUT2D eigenvalue weighted by Crippen LogP contribution is 2.24. The van der Waals surface area contributed by atoms with Crippen LogP contribution in [0, 0.1) is 0 Å². The standard InChI is InChI=1S/C13H15N3O2/c1-13(2,3)9-5-4-7-6-8(14)10(12(17)18)16-11(7)15-9/h4-6H,14H2,1-3H3,(H,17,18). The predicted octanol–water partition coefficient (Wildman–Crippen LogP) is 2.21. The molecule has 2 rings (SSSR count). The van der Waals surface area contributed by atoms with Crippen molar-refractivity contribution in [2.45, 2.75) is 26.2 Å². The van der Waals surface area contributed by atoms with Gasteiger partial charge >= 0.3 is 5.97 Å². The Labute approximate surface area is 105 Å².